The van der Waals surface area contributed by atoms with Crippen molar-refractivity contribution in [3.05, 3.63) is 155 Å². The van der Waals surface area contributed by atoms with Crippen LogP contribution in [0.5, 0.6) is 0 Å². The standard InChI is InChI=1S/C57H65N/c1-5-7-9-11-13-15-37-57(38-16-14-12-10-8-6-2)55-40-49(43-19-17-42(3)18-20-43)29-35-53(55)54-36-30-50(41-56(54)57)46-27-33-52(34-28-46)58(4)51-31-25-45(26-32-51)48-24-22-44-21-23-47(44)39-48/h17-20,22,24-36,39-41H,5-16,21,23,37-38H2,1-4H3. The molecule has 0 N–H and O–H groups in total. The molecule has 1 heteroatoms. The van der Waals surface area contributed by atoms with E-state index >= 15 is 0 Å². The first-order valence-corrected chi connectivity index (χ1v) is 22.9. The highest BCUT2D eigenvalue weighted by Crippen LogP contribution is 2.56. The Kier molecular flexibility index (Phi) is 12.6. The van der Waals surface area contributed by atoms with Crippen molar-refractivity contribution in [2.24, 2.45) is 0 Å². The fourth-order valence-electron chi connectivity index (χ4n) is 9.96. The minimum atomic E-state index is 0.0315. The summed E-state index contributed by atoms with van der Waals surface area (Å²) in [5, 5.41) is 0. The molecule has 0 unspecified atom stereocenters. The smallest absolute Gasteiger partial charge is 0.0408 e. The van der Waals surface area contributed by atoms with E-state index in [9.17, 15) is 0 Å². The number of hydrogen-bond donors (Lipinski definition) is 0. The molecule has 0 spiro atoms. The molecule has 0 saturated heterocycles. The maximum absolute atomic E-state index is 2.60. The molecule has 58 heavy (non-hydrogen) atoms. The summed E-state index contributed by atoms with van der Waals surface area (Å²) < 4.78 is 0. The fourth-order valence-corrected chi connectivity index (χ4v) is 9.96. The van der Waals surface area contributed by atoms with E-state index in [2.05, 4.69) is 160 Å². The van der Waals surface area contributed by atoms with Gasteiger partial charge in [0, 0.05) is 23.8 Å². The third kappa shape index (κ3) is 8.47. The van der Waals surface area contributed by atoms with E-state index < -0.39 is 0 Å². The van der Waals surface area contributed by atoms with Crippen molar-refractivity contribution < 1.29 is 0 Å². The first-order chi connectivity index (χ1) is 28.5. The van der Waals surface area contributed by atoms with Gasteiger partial charge in [-0.3, -0.25) is 0 Å². The maximum Gasteiger partial charge on any atom is 0.0408 e. The van der Waals surface area contributed by atoms with Gasteiger partial charge in [0.25, 0.3) is 0 Å². The van der Waals surface area contributed by atoms with Crippen LogP contribution in [0, 0.1) is 6.92 Å². The molecule has 0 radical (unpaired) electrons. The van der Waals surface area contributed by atoms with Crippen molar-refractivity contribution in [2.45, 2.75) is 129 Å². The number of rotatable bonds is 19. The zero-order chi connectivity index (χ0) is 39.9. The predicted molar refractivity (Wildman–Crippen MR) is 252 cm³/mol. The van der Waals surface area contributed by atoms with Crippen LogP contribution in [0.25, 0.3) is 44.5 Å². The molecule has 6 aromatic rings. The van der Waals surface area contributed by atoms with Gasteiger partial charge in [-0.2, -0.15) is 0 Å². The summed E-state index contributed by atoms with van der Waals surface area (Å²) in [6.07, 6.45) is 20.9. The predicted octanol–water partition coefficient (Wildman–Crippen LogP) is 16.6. The van der Waals surface area contributed by atoms with E-state index in [4.69, 9.17) is 0 Å². The van der Waals surface area contributed by atoms with Gasteiger partial charge in [-0.15, -0.1) is 0 Å². The number of benzene rings is 6. The minimum Gasteiger partial charge on any atom is -0.345 e. The molecule has 0 bridgehead atoms. The van der Waals surface area contributed by atoms with Crippen molar-refractivity contribution in [2.75, 3.05) is 11.9 Å². The van der Waals surface area contributed by atoms with Crippen LogP contribution in [0.3, 0.4) is 0 Å². The van der Waals surface area contributed by atoms with Crippen LogP contribution in [0.2, 0.25) is 0 Å². The SMILES string of the molecule is CCCCCCCCC1(CCCCCCCC)c2cc(-c3ccc(C)cc3)ccc2-c2ccc(-c3ccc(N(C)c4ccc(-c5ccc6c(c5)CC6)cc4)cc3)cc21. The van der Waals surface area contributed by atoms with E-state index in [1.807, 2.05) is 0 Å². The van der Waals surface area contributed by atoms with E-state index in [1.165, 1.54) is 175 Å². The number of aryl methyl sites for hydroxylation is 3. The van der Waals surface area contributed by atoms with E-state index in [0.717, 1.165) is 0 Å². The molecule has 2 aliphatic carbocycles. The van der Waals surface area contributed by atoms with Gasteiger partial charge in [-0.05, 0) is 136 Å². The highest BCUT2D eigenvalue weighted by Gasteiger charge is 2.42. The van der Waals surface area contributed by atoms with Crippen LogP contribution in [-0.2, 0) is 18.3 Å². The quantitative estimate of drug-likeness (QED) is 0.0743. The van der Waals surface area contributed by atoms with Crippen molar-refractivity contribution in [1.29, 1.82) is 0 Å². The Morgan fingerprint density at radius 2 is 0.810 bits per heavy atom. The van der Waals surface area contributed by atoms with Gasteiger partial charge in [0.15, 0.2) is 0 Å². The molecule has 0 heterocycles. The molecule has 2 aliphatic rings. The lowest BCUT2D eigenvalue weighted by Crippen LogP contribution is -2.25. The summed E-state index contributed by atoms with van der Waals surface area (Å²) in [5.74, 6) is 0. The molecular weight excluding hydrogens is 699 g/mol. The molecule has 0 fully saturated rings. The zero-order valence-electron chi connectivity index (χ0n) is 35.9. The van der Waals surface area contributed by atoms with Crippen molar-refractivity contribution in [3.63, 3.8) is 0 Å². The molecule has 0 atom stereocenters. The second kappa shape index (κ2) is 18.4. The number of fused-ring (bicyclic) bond motifs is 4. The summed E-state index contributed by atoms with van der Waals surface area (Å²) in [6, 6.07) is 49.3. The molecule has 0 amide bonds. The van der Waals surface area contributed by atoms with Crippen LogP contribution in [-0.4, -0.2) is 7.05 Å². The zero-order valence-corrected chi connectivity index (χ0v) is 35.9. The molecule has 0 saturated carbocycles. The molecule has 298 valence electrons. The van der Waals surface area contributed by atoms with E-state index in [-0.39, 0.29) is 5.41 Å². The topological polar surface area (TPSA) is 3.24 Å². The lowest BCUT2D eigenvalue weighted by Gasteiger charge is -2.33. The second-order valence-electron chi connectivity index (χ2n) is 17.6. The number of hydrogen-bond acceptors (Lipinski definition) is 1. The number of nitrogens with zero attached hydrogens (tertiary/aromatic N) is 1. The average molecular weight is 764 g/mol. The van der Waals surface area contributed by atoms with Gasteiger partial charge in [-0.25, -0.2) is 0 Å². The van der Waals surface area contributed by atoms with Crippen LogP contribution < -0.4 is 4.90 Å². The minimum absolute atomic E-state index is 0.0315. The van der Waals surface area contributed by atoms with Gasteiger partial charge in [0.1, 0.15) is 0 Å². The van der Waals surface area contributed by atoms with Crippen molar-refractivity contribution >= 4 is 11.4 Å². The first kappa shape index (κ1) is 39.9. The molecule has 8 rings (SSSR count). The average Bonchev–Trinajstić information content (AvgIpc) is 3.52. The monoisotopic (exact) mass is 764 g/mol. The van der Waals surface area contributed by atoms with E-state index in [0.29, 0.717) is 0 Å². The molecule has 1 nitrogen and oxygen atoms in total. The summed E-state index contributed by atoms with van der Waals surface area (Å²) >= 11 is 0. The van der Waals surface area contributed by atoms with Crippen molar-refractivity contribution in [1.82, 2.24) is 0 Å². The molecule has 6 aromatic carbocycles. The summed E-state index contributed by atoms with van der Waals surface area (Å²) in [4.78, 5) is 2.31. The Morgan fingerprint density at radius 1 is 0.414 bits per heavy atom. The third-order valence-electron chi connectivity index (χ3n) is 13.7. The summed E-state index contributed by atoms with van der Waals surface area (Å²) in [6.45, 7) is 6.83. The van der Waals surface area contributed by atoms with Crippen LogP contribution in [0.4, 0.5) is 11.4 Å². The largest absolute Gasteiger partial charge is 0.345 e. The second-order valence-corrected chi connectivity index (χ2v) is 17.6. The Labute approximate surface area is 350 Å². The summed E-state index contributed by atoms with van der Waals surface area (Å²) in [5.41, 5.74) is 20.7. The first-order valence-electron chi connectivity index (χ1n) is 22.9. The lowest BCUT2D eigenvalue weighted by molar-refractivity contribution is 0.398. The Balaban J connectivity index is 1.09. The molecular formula is C57H65N. The highest BCUT2D eigenvalue weighted by atomic mass is 15.1. The molecule has 0 aliphatic heterocycles. The van der Waals surface area contributed by atoms with E-state index in [1.54, 1.807) is 11.1 Å². The Morgan fingerprint density at radius 3 is 1.26 bits per heavy atom. The van der Waals surface area contributed by atoms with Crippen LogP contribution >= 0.6 is 0 Å². The molecule has 0 aromatic heterocycles. The highest BCUT2D eigenvalue weighted by molar-refractivity contribution is 5.86. The number of unbranched alkanes of at least 4 members (excludes halogenated alkanes) is 10. The van der Waals surface area contributed by atoms with Crippen LogP contribution in [0.1, 0.15) is 132 Å². The van der Waals surface area contributed by atoms with Gasteiger partial charge >= 0.3 is 0 Å². The Bertz CT molecular complexity index is 2260. The number of anilines is 2. The third-order valence-corrected chi connectivity index (χ3v) is 13.7. The van der Waals surface area contributed by atoms with Gasteiger partial charge in [-0.1, -0.05) is 187 Å². The van der Waals surface area contributed by atoms with Crippen molar-refractivity contribution in [3.8, 4) is 44.5 Å². The van der Waals surface area contributed by atoms with Gasteiger partial charge in [0.05, 0.1) is 0 Å². The fraction of sp³-hybridized carbons (Fsp3) is 0.368. The maximum atomic E-state index is 2.60. The van der Waals surface area contributed by atoms with Crippen LogP contribution in [0.15, 0.2) is 127 Å². The van der Waals surface area contributed by atoms with Gasteiger partial charge in [0.2, 0.25) is 0 Å². The lowest BCUT2D eigenvalue weighted by atomic mass is 9.70. The Hall–Kier alpha value is -4.88. The van der Waals surface area contributed by atoms with Gasteiger partial charge < -0.3 is 4.90 Å². The normalized spacial score (nSPS) is 13.4. The summed E-state index contributed by atoms with van der Waals surface area (Å²) in [7, 11) is 2.19.